The Kier molecular flexibility index (Phi) is 6.66. The maximum Gasteiger partial charge on any atom is 0.0912 e. The molecule has 0 aromatic heterocycles. The second-order valence-electron chi connectivity index (χ2n) is 4.99. The first-order valence-corrected chi connectivity index (χ1v) is 8.60. The van der Waals surface area contributed by atoms with Gasteiger partial charge in [-0.05, 0) is 5.56 Å². The fraction of sp³-hybridized carbons (Fsp3) is 0.467. The second-order valence-corrected chi connectivity index (χ2v) is 8.78. The zero-order valence-corrected chi connectivity index (χ0v) is 13.7. The Morgan fingerprint density at radius 3 is 2.26 bits per heavy atom. The molecular formula is C15H23NOS2. The van der Waals surface area contributed by atoms with Crippen molar-refractivity contribution in [2.45, 2.75) is 44.6 Å². The summed E-state index contributed by atoms with van der Waals surface area (Å²) in [5, 5.41) is 0.475. The SMILES string of the molecule is CC(C)S/C(=C(\N)Cc1ccccc1)S(=O)C(C)C. The van der Waals surface area contributed by atoms with Crippen LogP contribution < -0.4 is 5.73 Å². The molecule has 0 aliphatic carbocycles. The summed E-state index contributed by atoms with van der Waals surface area (Å²) in [5.41, 5.74) is 8.09. The van der Waals surface area contributed by atoms with E-state index in [1.165, 1.54) is 0 Å². The third-order valence-electron chi connectivity index (χ3n) is 2.45. The molecule has 1 aromatic rings. The lowest BCUT2D eigenvalue weighted by Gasteiger charge is -2.15. The molecule has 106 valence electrons. The van der Waals surface area contributed by atoms with Crippen LogP contribution in [0.25, 0.3) is 0 Å². The van der Waals surface area contributed by atoms with Crippen LogP contribution in [0.4, 0.5) is 0 Å². The Balaban J connectivity index is 2.99. The van der Waals surface area contributed by atoms with E-state index in [-0.39, 0.29) is 5.25 Å². The minimum absolute atomic E-state index is 0.0931. The molecule has 1 rings (SSSR count). The van der Waals surface area contributed by atoms with Gasteiger partial charge >= 0.3 is 0 Å². The van der Waals surface area contributed by atoms with E-state index in [0.717, 1.165) is 15.5 Å². The molecule has 1 unspecified atom stereocenters. The van der Waals surface area contributed by atoms with Gasteiger partial charge in [-0.1, -0.05) is 58.0 Å². The van der Waals surface area contributed by atoms with Crippen molar-refractivity contribution in [2.24, 2.45) is 5.73 Å². The number of hydrogen-bond acceptors (Lipinski definition) is 3. The van der Waals surface area contributed by atoms with E-state index in [0.29, 0.717) is 11.7 Å². The van der Waals surface area contributed by atoms with Crippen LogP contribution in [0.3, 0.4) is 0 Å². The Morgan fingerprint density at radius 2 is 1.79 bits per heavy atom. The van der Waals surface area contributed by atoms with Crippen LogP contribution in [0.15, 0.2) is 40.3 Å². The van der Waals surface area contributed by atoms with Crippen molar-refractivity contribution < 1.29 is 4.21 Å². The van der Waals surface area contributed by atoms with Crippen molar-refractivity contribution in [3.05, 3.63) is 45.8 Å². The fourth-order valence-electron chi connectivity index (χ4n) is 1.57. The van der Waals surface area contributed by atoms with Crippen molar-refractivity contribution in [1.82, 2.24) is 0 Å². The van der Waals surface area contributed by atoms with Gasteiger partial charge < -0.3 is 5.73 Å². The summed E-state index contributed by atoms with van der Waals surface area (Å²) in [6.45, 7) is 8.12. The highest BCUT2D eigenvalue weighted by Gasteiger charge is 2.17. The standard InChI is InChI=1S/C15H23NOS2/c1-11(2)18-15(19(17)12(3)4)14(16)10-13-8-6-5-7-9-13/h5-9,11-12H,10,16H2,1-4H3/b15-14+. The van der Waals surface area contributed by atoms with Crippen LogP contribution in [-0.2, 0) is 17.2 Å². The van der Waals surface area contributed by atoms with Crippen LogP contribution in [-0.4, -0.2) is 14.7 Å². The summed E-state index contributed by atoms with van der Waals surface area (Å²) in [6.07, 6.45) is 0.661. The quantitative estimate of drug-likeness (QED) is 0.871. The molecule has 1 atom stereocenters. The van der Waals surface area contributed by atoms with Crippen molar-refractivity contribution >= 4 is 22.6 Å². The number of thioether (sulfide) groups is 1. The number of allylic oxidation sites excluding steroid dienone is 1. The van der Waals surface area contributed by atoms with Gasteiger partial charge in [-0.2, -0.15) is 0 Å². The van der Waals surface area contributed by atoms with Gasteiger partial charge in [-0.25, -0.2) is 0 Å². The minimum Gasteiger partial charge on any atom is -0.400 e. The lowest BCUT2D eigenvalue weighted by molar-refractivity contribution is 0.681. The molecule has 0 saturated carbocycles. The number of rotatable bonds is 6. The summed E-state index contributed by atoms with van der Waals surface area (Å²) in [7, 11) is -1.02. The summed E-state index contributed by atoms with van der Waals surface area (Å²) >= 11 is 1.62. The molecular weight excluding hydrogens is 274 g/mol. The van der Waals surface area contributed by atoms with Gasteiger partial charge in [0, 0.05) is 22.6 Å². The highest BCUT2D eigenvalue weighted by atomic mass is 32.2. The second kappa shape index (κ2) is 7.75. The molecule has 19 heavy (non-hydrogen) atoms. The van der Waals surface area contributed by atoms with Crippen molar-refractivity contribution in [3.8, 4) is 0 Å². The predicted octanol–water partition coefficient (Wildman–Crippen LogP) is 3.66. The molecule has 0 aliphatic heterocycles. The molecule has 2 N–H and O–H groups in total. The molecule has 4 heteroatoms. The molecule has 0 bridgehead atoms. The minimum atomic E-state index is -1.02. The van der Waals surface area contributed by atoms with E-state index in [1.807, 2.05) is 44.2 Å². The average molecular weight is 297 g/mol. The monoisotopic (exact) mass is 297 g/mol. The van der Waals surface area contributed by atoms with Gasteiger partial charge in [0.05, 0.1) is 15.0 Å². The Labute approximate surface area is 123 Å². The van der Waals surface area contributed by atoms with Crippen LogP contribution in [0.2, 0.25) is 0 Å². The zero-order valence-electron chi connectivity index (χ0n) is 12.1. The third-order valence-corrected chi connectivity index (χ3v) is 5.67. The average Bonchev–Trinajstić information content (AvgIpc) is 2.35. The van der Waals surface area contributed by atoms with E-state index in [1.54, 1.807) is 11.8 Å². The number of nitrogens with two attached hydrogens (primary N) is 1. The highest BCUT2D eigenvalue weighted by molar-refractivity contribution is 8.17. The first kappa shape index (κ1) is 16.3. The van der Waals surface area contributed by atoms with Gasteiger partial charge in [0.2, 0.25) is 0 Å². The Hall–Kier alpha value is -0.740. The lowest BCUT2D eigenvalue weighted by atomic mass is 10.1. The van der Waals surface area contributed by atoms with Gasteiger partial charge in [0.15, 0.2) is 0 Å². The van der Waals surface area contributed by atoms with E-state index >= 15 is 0 Å². The highest BCUT2D eigenvalue weighted by Crippen LogP contribution is 2.29. The van der Waals surface area contributed by atoms with E-state index in [2.05, 4.69) is 13.8 Å². The topological polar surface area (TPSA) is 43.1 Å². The molecule has 0 saturated heterocycles. The Bertz CT molecular complexity index is 452. The molecule has 2 nitrogen and oxygen atoms in total. The van der Waals surface area contributed by atoms with Crippen LogP contribution in [0, 0.1) is 0 Å². The molecule has 0 aliphatic rings. The number of benzene rings is 1. The van der Waals surface area contributed by atoms with E-state index in [4.69, 9.17) is 5.73 Å². The summed E-state index contributed by atoms with van der Waals surface area (Å²) in [6, 6.07) is 10.1. The number of hydrogen-bond donors (Lipinski definition) is 1. The van der Waals surface area contributed by atoms with Gasteiger partial charge in [-0.3, -0.25) is 4.21 Å². The lowest BCUT2D eigenvalue weighted by Crippen LogP contribution is -2.14. The molecule has 0 spiro atoms. The van der Waals surface area contributed by atoms with Gasteiger partial charge in [0.25, 0.3) is 0 Å². The van der Waals surface area contributed by atoms with Gasteiger partial charge in [0.1, 0.15) is 0 Å². The van der Waals surface area contributed by atoms with Crippen LogP contribution in [0.5, 0.6) is 0 Å². The Morgan fingerprint density at radius 1 is 1.21 bits per heavy atom. The van der Waals surface area contributed by atoms with Crippen molar-refractivity contribution in [2.75, 3.05) is 0 Å². The fourth-order valence-corrected chi connectivity index (χ4v) is 4.51. The first-order valence-electron chi connectivity index (χ1n) is 6.51. The third kappa shape index (κ3) is 5.41. The van der Waals surface area contributed by atoms with Crippen molar-refractivity contribution in [1.29, 1.82) is 0 Å². The summed E-state index contributed by atoms with van der Waals surface area (Å²) < 4.78 is 13.2. The maximum atomic E-state index is 12.4. The van der Waals surface area contributed by atoms with E-state index < -0.39 is 10.8 Å². The van der Waals surface area contributed by atoms with Crippen LogP contribution >= 0.6 is 11.8 Å². The zero-order chi connectivity index (χ0) is 14.4. The molecule has 0 amide bonds. The predicted molar refractivity (Wildman–Crippen MR) is 87.4 cm³/mol. The molecule has 1 aromatic carbocycles. The molecule has 0 heterocycles. The maximum absolute atomic E-state index is 12.4. The van der Waals surface area contributed by atoms with Crippen molar-refractivity contribution in [3.63, 3.8) is 0 Å². The summed E-state index contributed by atoms with van der Waals surface area (Å²) in [4.78, 5) is 0. The van der Waals surface area contributed by atoms with E-state index in [9.17, 15) is 4.21 Å². The molecule has 0 fully saturated rings. The normalized spacial score (nSPS) is 14.6. The molecule has 0 radical (unpaired) electrons. The largest absolute Gasteiger partial charge is 0.400 e. The van der Waals surface area contributed by atoms with Crippen LogP contribution in [0.1, 0.15) is 33.3 Å². The first-order chi connectivity index (χ1) is 8.91. The summed E-state index contributed by atoms with van der Waals surface area (Å²) in [5.74, 6) is 0. The smallest absolute Gasteiger partial charge is 0.0912 e. The van der Waals surface area contributed by atoms with Gasteiger partial charge in [-0.15, -0.1) is 11.8 Å².